The number of hydrogen-bond donors (Lipinski definition) is 3. The Morgan fingerprint density at radius 3 is 2.89 bits per heavy atom. The van der Waals surface area contributed by atoms with E-state index >= 15 is 0 Å². The average molecular weight is 254 g/mol. The normalized spacial score (nSPS) is 12.2. The summed E-state index contributed by atoms with van der Waals surface area (Å²) in [5.74, 6) is -0.366. The van der Waals surface area contributed by atoms with Crippen molar-refractivity contribution in [1.29, 1.82) is 0 Å². The zero-order valence-corrected chi connectivity index (χ0v) is 10.7. The molecule has 0 aliphatic heterocycles. The third-order valence-electron chi connectivity index (χ3n) is 2.63. The molecular weight excluding hydrogens is 235 g/mol. The number of aromatic hydroxyl groups is 1. The summed E-state index contributed by atoms with van der Waals surface area (Å²) >= 11 is 0. The van der Waals surface area contributed by atoms with Gasteiger partial charge in [0.15, 0.2) is 0 Å². The second-order valence-electron chi connectivity index (χ2n) is 4.08. The lowest BCUT2D eigenvalue weighted by molar-refractivity contribution is -0.120. The number of amides is 1. The van der Waals surface area contributed by atoms with E-state index in [2.05, 4.69) is 10.6 Å². The Labute approximate surface area is 106 Å². The molecule has 1 atom stereocenters. The molecule has 0 radical (unpaired) electrons. The van der Waals surface area contributed by atoms with Gasteiger partial charge in [0.25, 0.3) is 0 Å². The summed E-state index contributed by atoms with van der Waals surface area (Å²) in [4.78, 5) is 11.2. The van der Waals surface area contributed by atoms with Crippen LogP contribution < -0.4 is 10.6 Å². The fraction of sp³-hybridized carbons (Fsp3) is 0.462. The SMILES string of the molecule is CCNC(=O)CCNC(C)c1cc(F)ccc1O. The highest BCUT2D eigenvalue weighted by molar-refractivity contribution is 5.75. The number of phenols is 1. The molecule has 0 bridgehead atoms. The highest BCUT2D eigenvalue weighted by Gasteiger charge is 2.11. The molecule has 18 heavy (non-hydrogen) atoms. The van der Waals surface area contributed by atoms with Gasteiger partial charge >= 0.3 is 0 Å². The van der Waals surface area contributed by atoms with Gasteiger partial charge in [-0.15, -0.1) is 0 Å². The van der Waals surface area contributed by atoms with Crippen LogP contribution in [-0.2, 0) is 4.79 Å². The molecular formula is C13H19FN2O2. The van der Waals surface area contributed by atoms with Gasteiger partial charge in [-0.1, -0.05) is 0 Å². The summed E-state index contributed by atoms with van der Waals surface area (Å²) in [6.45, 7) is 4.76. The molecule has 5 heteroatoms. The lowest BCUT2D eigenvalue weighted by Gasteiger charge is -2.15. The standard InChI is InChI=1S/C13H19FN2O2/c1-3-15-13(18)6-7-16-9(2)11-8-10(14)4-5-12(11)17/h4-5,8-9,16-17H,3,6-7H2,1-2H3,(H,15,18). The molecule has 0 heterocycles. The van der Waals surface area contributed by atoms with Gasteiger partial charge in [0.1, 0.15) is 11.6 Å². The van der Waals surface area contributed by atoms with Crippen molar-refractivity contribution < 1.29 is 14.3 Å². The molecule has 1 aromatic carbocycles. The number of phenolic OH excluding ortho intramolecular Hbond substituents is 1. The Morgan fingerprint density at radius 2 is 2.22 bits per heavy atom. The molecule has 0 saturated heterocycles. The van der Waals surface area contributed by atoms with Gasteiger partial charge in [0.2, 0.25) is 5.91 Å². The van der Waals surface area contributed by atoms with Crippen LogP contribution in [0.25, 0.3) is 0 Å². The predicted octanol–water partition coefficient (Wildman–Crippen LogP) is 1.71. The first-order chi connectivity index (χ1) is 8.54. The first-order valence-corrected chi connectivity index (χ1v) is 6.03. The molecule has 0 fully saturated rings. The van der Waals surface area contributed by atoms with Crippen LogP contribution in [-0.4, -0.2) is 24.1 Å². The Bertz CT molecular complexity index is 410. The van der Waals surface area contributed by atoms with Crippen molar-refractivity contribution in [3.63, 3.8) is 0 Å². The zero-order chi connectivity index (χ0) is 13.5. The monoisotopic (exact) mass is 254 g/mol. The number of carbonyl (C=O) groups excluding carboxylic acids is 1. The minimum atomic E-state index is -0.389. The van der Waals surface area contributed by atoms with Gasteiger partial charge in [0, 0.05) is 31.1 Å². The largest absolute Gasteiger partial charge is 0.508 e. The van der Waals surface area contributed by atoms with E-state index in [9.17, 15) is 14.3 Å². The van der Waals surface area contributed by atoms with Gasteiger partial charge in [-0.2, -0.15) is 0 Å². The molecule has 1 aromatic rings. The van der Waals surface area contributed by atoms with E-state index < -0.39 is 0 Å². The molecule has 4 nitrogen and oxygen atoms in total. The lowest BCUT2D eigenvalue weighted by atomic mass is 10.1. The second kappa shape index (κ2) is 6.96. The van der Waals surface area contributed by atoms with Gasteiger partial charge in [-0.05, 0) is 32.0 Å². The number of rotatable bonds is 6. The summed E-state index contributed by atoms with van der Waals surface area (Å²) in [5, 5.41) is 15.4. The summed E-state index contributed by atoms with van der Waals surface area (Å²) in [6, 6.07) is 3.61. The number of hydrogen-bond acceptors (Lipinski definition) is 3. The van der Waals surface area contributed by atoms with E-state index in [4.69, 9.17) is 0 Å². The quantitative estimate of drug-likeness (QED) is 0.724. The lowest BCUT2D eigenvalue weighted by Crippen LogP contribution is -2.28. The molecule has 0 aromatic heterocycles. The third-order valence-corrected chi connectivity index (χ3v) is 2.63. The number of carbonyl (C=O) groups is 1. The second-order valence-corrected chi connectivity index (χ2v) is 4.08. The molecule has 1 unspecified atom stereocenters. The maximum Gasteiger partial charge on any atom is 0.221 e. The molecule has 0 spiro atoms. The number of nitrogens with one attached hydrogen (secondary N) is 2. The summed E-state index contributed by atoms with van der Waals surface area (Å²) in [6.07, 6.45) is 0.355. The number of halogens is 1. The predicted molar refractivity (Wildman–Crippen MR) is 67.8 cm³/mol. The Hall–Kier alpha value is -1.62. The van der Waals surface area contributed by atoms with Crippen LogP contribution in [0.4, 0.5) is 4.39 Å². The van der Waals surface area contributed by atoms with Gasteiger partial charge < -0.3 is 15.7 Å². The third kappa shape index (κ3) is 4.33. The summed E-state index contributed by atoms with van der Waals surface area (Å²) < 4.78 is 13.1. The van der Waals surface area contributed by atoms with Crippen LogP contribution in [0, 0.1) is 5.82 Å². The molecule has 1 rings (SSSR count). The summed E-state index contributed by atoms with van der Waals surface area (Å²) in [5.41, 5.74) is 0.492. The number of benzene rings is 1. The maximum atomic E-state index is 13.1. The minimum Gasteiger partial charge on any atom is -0.508 e. The Kier molecular flexibility index (Phi) is 5.58. The van der Waals surface area contributed by atoms with Crippen molar-refractivity contribution in [2.24, 2.45) is 0 Å². The van der Waals surface area contributed by atoms with E-state index in [1.165, 1.54) is 18.2 Å². The van der Waals surface area contributed by atoms with E-state index in [0.29, 0.717) is 25.1 Å². The maximum absolute atomic E-state index is 13.1. The molecule has 0 aliphatic carbocycles. The molecule has 3 N–H and O–H groups in total. The Morgan fingerprint density at radius 1 is 1.50 bits per heavy atom. The van der Waals surface area contributed by atoms with E-state index in [1.54, 1.807) is 0 Å². The first-order valence-electron chi connectivity index (χ1n) is 6.03. The van der Waals surface area contributed by atoms with Crippen molar-refractivity contribution in [2.45, 2.75) is 26.3 Å². The van der Waals surface area contributed by atoms with Crippen molar-refractivity contribution in [3.8, 4) is 5.75 Å². The molecule has 1 amide bonds. The summed E-state index contributed by atoms with van der Waals surface area (Å²) in [7, 11) is 0. The van der Waals surface area contributed by atoms with Crippen LogP contribution >= 0.6 is 0 Å². The highest BCUT2D eigenvalue weighted by Crippen LogP contribution is 2.24. The average Bonchev–Trinajstić information content (AvgIpc) is 2.32. The van der Waals surface area contributed by atoms with Crippen LogP contribution in [0.1, 0.15) is 31.9 Å². The van der Waals surface area contributed by atoms with E-state index in [0.717, 1.165) is 0 Å². The van der Waals surface area contributed by atoms with Crippen molar-refractivity contribution in [3.05, 3.63) is 29.6 Å². The van der Waals surface area contributed by atoms with Crippen LogP contribution in [0.15, 0.2) is 18.2 Å². The first kappa shape index (κ1) is 14.4. The van der Waals surface area contributed by atoms with Crippen molar-refractivity contribution in [2.75, 3.05) is 13.1 Å². The van der Waals surface area contributed by atoms with Crippen molar-refractivity contribution in [1.82, 2.24) is 10.6 Å². The van der Waals surface area contributed by atoms with Crippen LogP contribution in [0.3, 0.4) is 0 Å². The highest BCUT2D eigenvalue weighted by atomic mass is 19.1. The fourth-order valence-electron chi connectivity index (χ4n) is 1.67. The molecule has 0 saturated carbocycles. The smallest absolute Gasteiger partial charge is 0.221 e. The minimum absolute atomic E-state index is 0.0272. The molecule has 0 aliphatic rings. The van der Waals surface area contributed by atoms with Gasteiger partial charge in [0.05, 0.1) is 0 Å². The molecule has 100 valence electrons. The van der Waals surface area contributed by atoms with Gasteiger partial charge in [-0.25, -0.2) is 4.39 Å². The fourth-order valence-corrected chi connectivity index (χ4v) is 1.67. The van der Waals surface area contributed by atoms with Crippen LogP contribution in [0.5, 0.6) is 5.75 Å². The zero-order valence-electron chi connectivity index (χ0n) is 10.7. The van der Waals surface area contributed by atoms with Crippen LogP contribution in [0.2, 0.25) is 0 Å². The van der Waals surface area contributed by atoms with Gasteiger partial charge in [-0.3, -0.25) is 4.79 Å². The Balaban J connectivity index is 2.47. The topological polar surface area (TPSA) is 61.4 Å². The van der Waals surface area contributed by atoms with Crippen molar-refractivity contribution >= 4 is 5.91 Å². The van der Waals surface area contributed by atoms with E-state index in [-0.39, 0.29) is 23.5 Å². The van der Waals surface area contributed by atoms with E-state index in [1.807, 2.05) is 13.8 Å².